The topological polar surface area (TPSA) is 45.9 Å². The Hall–Kier alpha value is -2.48. The molecule has 0 unspecified atom stereocenters. The molecule has 0 fully saturated rings. The zero-order chi connectivity index (χ0) is 14.8. The quantitative estimate of drug-likeness (QED) is 0.841. The van der Waals surface area contributed by atoms with Crippen molar-refractivity contribution in [2.75, 3.05) is 0 Å². The lowest BCUT2D eigenvalue weighted by atomic mass is 9.95. The highest BCUT2D eigenvalue weighted by atomic mass is 19.2. The Balaban J connectivity index is 2.02. The van der Waals surface area contributed by atoms with Crippen molar-refractivity contribution >= 4 is 0 Å². The molecule has 0 spiro atoms. The molecule has 106 valence electrons. The van der Waals surface area contributed by atoms with Gasteiger partial charge in [0.2, 0.25) is 11.7 Å². The summed E-state index contributed by atoms with van der Waals surface area (Å²) in [5.41, 5.74) is 2.14. The maximum atomic E-state index is 13.7. The summed E-state index contributed by atoms with van der Waals surface area (Å²) in [6, 6.07) is 7.39. The average Bonchev–Trinajstić information content (AvgIpc) is 2.51. The van der Waals surface area contributed by atoms with E-state index in [-0.39, 0.29) is 17.2 Å². The first kappa shape index (κ1) is 13.5. The molecule has 1 aromatic carbocycles. The molecule has 5 heteroatoms. The zero-order valence-electron chi connectivity index (χ0n) is 11.2. The van der Waals surface area contributed by atoms with Gasteiger partial charge in [0, 0.05) is 5.69 Å². The number of nitrogens with zero attached hydrogens (tertiary/aromatic N) is 2. The van der Waals surface area contributed by atoms with Crippen LogP contribution in [0, 0.1) is 23.0 Å². The van der Waals surface area contributed by atoms with E-state index in [4.69, 9.17) is 4.74 Å². The van der Waals surface area contributed by atoms with Gasteiger partial charge in [0.1, 0.15) is 11.6 Å². The number of fused-ring (bicyclic) bond motifs is 1. The minimum Gasteiger partial charge on any atom is -0.434 e. The highest BCUT2D eigenvalue weighted by Crippen LogP contribution is 2.30. The number of rotatable bonds is 2. The number of ether oxygens (including phenoxy) is 1. The fraction of sp³-hybridized carbons (Fsp3) is 0.250. The second kappa shape index (κ2) is 5.49. The van der Waals surface area contributed by atoms with E-state index in [0.717, 1.165) is 43.0 Å². The van der Waals surface area contributed by atoms with Crippen LogP contribution in [0.15, 0.2) is 24.3 Å². The van der Waals surface area contributed by atoms with Gasteiger partial charge in [-0.1, -0.05) is 6.07 Å². The van der Waals surface area contributed by atoms with Gasteiger partial charge in [0.05, 0.1) is 0 Å². The summed E-state index contributed by atoms with van der Waals surface area (Å²) in [5.74, 6) is -2.32. The lowest BCUT2D eigenvalue weighted by Crippen LogP contribution is -2.07. The molecule has 0 bridgehead atoms. The van der Waals surface area contributed by atoms with E-state index in [2.05, 4.69) is 4.98 Å². The largest absolute Gasteiger partial charge is 0.434 e. The Morgan fingerprint density at radius 3 is 2.81 bits per heavy atom. The highest BCUT2D eigenvalue weighted by molar-refractivity contribution is 5.45. The van der Waals surface area contributed by atoms with E-state index in [1.807, 2.05) is 6.07 Å². The smallest absolute Gasteiger partial charge is 0.237 e. The van der Waals surface area contributed by atoms with Gasteiger partial charge in [-0.25, -0.2) is 9.37 Å². The summed E-state index contributed by atoms with van der Waals surface area (Å²) >= 11 is 0. The first-order chi connectivity index (χ1) is 10.2. The van der Waals surface area contributed by atoms with Gasteiger partial charge >= 0.3 is 0 Å². The van der Waals surface area contributed by atoms with Crippen LogP contribution < -0.4 is 4.74 Å². The van der Waals surface area contributed by atoms with Gasteiger partial charge in [-0.2, -0.15) is 9.65 Å². The minimum absolute atomic E-state index is 0.0302. The monoisotopic (exact) mass is 286 g/mol. The number of hydrogen-bond donors (Lipinski definition) is 0. The van der Waals surface area contributed by atoms with Crippen LogP contribution in [0.2, 0.25) is 0 Å². The van der Waals surface area contributed by atoms with Crippen molar-refractivity contribution in [3.8, 4) is 17.7 Å². The van der Waals surface area contributed by atoms with Gasteiger partial charge in [-0.05, 0) is 49.4 Å². The van der Waals surface area contributed by atoms with Crippen LogP contribution >= 0.6 is 0 Å². The normalized spacial score (nSPS) is 13.4. The molecule has 21 heavy (non-hydrogen) atoms. The number of hydrogen-bond acceptors (Lipinski definition) is 3. The number of aryl methyl sites for hydroxylation is 2. The lowest BCUT2D eigenvalue weighted by molar-refractivity contribution is 0.402. The van der Waals surface area contributed by atoms with Crippen LogP contribution in [0.4, 0.5) is 8.78 Å². The number of nitriles is 1. The predicted molar refractivity (Wildman–Crippen MR) is 72.0 cm³/mol. The summed E-state index contributed by atoms with van der Waals surface area (Å²) in [7, 11) is 0. The number of pyridine rings is 1. The molecule has 3 nitrogen and oxygen atoms in total. The molecule has 3 rings (SSSR count). The van der Waals surface area contributed by atoms with Crippen molar-refractivity contribution in [3.63, 3.8) is 0 Å². The van der Waals surface area contributed by atoms with Crippen LogP contribution in [-0.2, 0) is 12.8 Å². The van der Waals surface area contributed by atoms with Crippen molar-refractivity contribution in [1.82, 2.24) is 4.98 Å². The molecule has 0 N–H and O–H groups in total. The number of aromatic nitrogens is 1. The Bertz CT molecular complexity index is 738. The van der Waals surface area contributed by atoms with Gasteiger partial charge < -0.3 is 4.74 Å². The van der Waals surface area contributed by atoms with E-state index in [1.54, 1.807) is 6.07 Å². The lowest BCUT2D eigenvalue weighted by Gasteiger charge is -2.16. The molecule has 0 atom stereocenters. The van der Waals surface area contributed by atoms with E-state index in [1.165, 1.54) is 12.1 Å². The Morgan fingerprint density at radius 2 is 2.00 bits per heavy atom. The second-order valence-corrected chi connectivity index (χ2v) is 4.92. The molecule has 2 aromatic rings. The summed E-state index contributed by atoms with van der Waals surface area (Å²) in [6.45, 7) is 0. The van der Waals surface area contributed by atoms with E-state index >= 15 is 0 Å². The van der Waals surface area contributed by atoms with Gasteiger partial charge in [0.25, 0.3) is 0 Å². The molecule has 1 aliphatic rings. The van der Waals surface area contributed by atoms with Crippen molar-refractivity contribution in [3.05, 3.63) is 52.7 Å². The molecule has 0 saturated carbocycles. The predicted octanol–water partition coefficient (Wildman–Crippen LogP) is 3.90. The molecule has 0 saturated heterocycles. The van der Waals surface area contributed by atoms with Gasteiger partial charge in [0.15, 0.2) is 11.6 Å². The third kappa shape index (κ3) is 2.57. The number of halogens is 2. The summed E-state index contributed by atoms with van der Waals surface area (Å²) in [6.07, 6.45) is 3.78. The zero-order valence-corrected chi connectivity index (χ0v) is 11.2. The molecule has 1 heterocycles. The summed E-state index contributed by atoms with van der Waals surface area (Å²) < 4.78 is 32.2. The molecular formula is C16H12F2N2O. The van der Waals surface area contributed by atoms with Crippen molar-refractivity contribution in [2.45, 2.75) is 25.7 Å². The van der Waals surface area contributed by atoms with E-state index in [9.17, 15) is 14.0 Å². The number of benzene rings is 1. The first-order valence-electron chi connectivity index (χ1n) is 6.74. The van der Waals surface area contributed by atoms with Crippen molar-refractivity contribution in [1.29, 1.82) is 5.26 Å². The van der Waals surface area contributed by atoms with Crippen LogP contribution in [0.1, 0.15) is 29.7 Å². The van der Waals surface area contributed by atoms with Crippen LogP contribution in [0.3, 0.4) is 0 Å². The minimum atomic E-state index is -1.08. The molecular weight excluding hydrogens is 274 g/mol. The first-order valence-corrected chi connectivity index (χ1v) is 6.74. The van der Waals surface area contributed by atoms with E-state index in [0.29, 0.717) is 0 Å². The fourth-order valence-electron chi connectivity index (χ4n) is 2.44. The second-order valence-electron chi connectivity index (χ2n) is 4.92. The molecule has 1 aromatic heterocycles. The standard InChI is InChI=1S/C16H12F2N2O/c17-12-5-3-7-14(15(12)18)21-16-11(9-19)8-10-4-1-2-6-13(10)20-16/h3,5,7-8H,1-2,4,6H2. The van der Waals surface area contributed by atoms with E-state index < -0.39 is 11.6 Å². The van der Waals surface area contributed by atoms with Crippen LogP contribution in [0.5, 0.6) is 11.6 Å². The average molecular weight is 286 g/mol. The van der Waals surface area contributed by atoms with Crippen molar-refractivity contribution in [2.24, 2.45) is 0 Å². The van der Waals surface area contributed by atoms with Crippen molar-refractivity contribution < 1.29 is 13.5 Å². The third-order valence-corrected chi connectivity index (χ3v) is 3.51. The third-order valence-electron chi connectivity index (χ3n) is 3.51. The van der Waals surface area contributed by atoms with Gasteiger partial charge in [-0.3, -0.25) is 0 Å². The summed E-state index contributed by atoms with van der Waals surface area (Å²) in [4.78, 5) is 4.32. The highest BCUT2D eigenvalue weighted by Gasteiger charge is 2.18. The van der Waals surface area contributed by atoms with Gasteiger partial charge in [-0.15, -0.1) is 0 Å². The Labute approximate surface area is 120 Å². The maximum Gasteiger partial charge on any atom is 0.237 e. The molecule has 0 amide bonds. The SMILES string of the molecule is N#Cc1cc2c(nc1Oc1cccc(F)c1F)CCCC2. The molecule has 0 radical (unpaired) electrons. The summed E-state index contributed by atoms with van der Waals surface area (Å²) in [5, 5.41) is 9.18. The molecule has 1 aliphatic carbocycles. The Morgan fingerprint density at radius 1 is 1.19 bits per heavy atom. The molecule has 0 aliphatic heterocycles. The maximum absolute atomic E-state index is 13.7. The Kier molecular flexibility index (Phi) is 3.53. The van der Waals surface area contributed by atoms with Crippen LogP contribution in [0.25, 0.3) is 0 Å². The van der Waals surface area contributed by atoms with Crippen LogP contribution in [-0.4, -0.2) is 4.98 Å². The fourth-order valence-corrected chi connectivity index (χ4v) is 2.44.